The van der Waals surface area contributed by atoms with Gasteiger partial charge in [-0.15, -0.1) is 11.3 Å². The van der Waals surface area contributed by atoms with E-state index in [2.05, 4.69) is 36.4 Å². The highest BCUT2D eigenvalue weighted by Crippen LogP contribution is 2.23. The lowest BCUT2D eigenvalue weighted by Gasteiger charge is -2.31. The number of aliphatic imine (C=N–C) groups is 1. The van der Waals surface area contributed by atoms with E-state index in [0.29, 0.717) is 25.4 Å². The average molecular weight is 337 g/mol. The Morgan fingerprint density at radius 2 is 2.26 bits per heavy atom. The van der Waals surface area contributed by atoms with Gasteiger partial charge in [-0.05, 0) is 19.3 Å². The van der Waals surface area contributed by atoms with Crippen LogP contribution in [-0.4, -0.2) is 48.4 Å². The molecular formula is C16H27N5OS. The number of aryl methyl sites for hydroxylation is 1. The summed E-state index contributed by atoms with van der Waals surface area (Å²) in [6.45, 7) is 7.84. The molecule has 6 nitrogen and oxygen atoms in total. The van der Waals surface area contributed by atoms with Gasteiger partial charge < -0.3 is 15.5 Å². The molecule has 1 aliphatic heterocycles. The molecular weight excluding hydrogens is 310 g/mol. The number of hydrogen-bond acceptors (Lipinski definition) is 4. The molecule has 1 aliphatic rings. The van der Waals surface area contributed by atoms with E-state index in [0.717, 1.165) is 17.4 Å². The second kappa shape index (κ2) is 7.77. The summed E-state index contributed by atoms with van der Waals surface area (Å²) in [6, 6.07) is 0.244. The molecule has 1 amide bonds. The third kappa shape index (κ3) is 4.67. The first-order valence-electron chi connectivity index (χ1n) is 8.08. The number of guanidine groups is 1. The summed E-state index contributed by atoms with van der Waals surface area (Å²) in [7, 11) is 3.61. The van der Waals surface area contributed by atoms with E-state index in [1.165, 1.54) is 10.6 Å². The average Bonchev–Trinajstić information content (AvgIpc) is 2.88. The van der Waals surface area contributed by atoms with Crippen LogP contribution in [0.2, 0.25) is 0 Å². The van der Waals surface area contributed by atoms with Gasteiger partial charge >= 0.3 is 0 Å². The van der Waals surface area contributed by atoms with Crippen LogP contribution in [0.15, 0.2) is 4.99 Å². The molecule has 1 atom stereocenters. The van der Waals surface area contributed by atoms with Crippen molar-refractivity contribution in [2.24, 2.45) is 4.99 Å². The molecule has 1 saturated heterocycles. The van der Waals surface area contributed by atoms with Crippen LogP contribution in [-0.2, 0) is 11.3 Å². The van der Waals surface area contributed by atoms with Crippen LogP contribution < -0.4 is 10.6 Å². The molecule has 0 spiro atoms. The van der Waals surface area contributed by atoms with E-state index < -0.39 is 0 Å². The molecule has 128 valence electrons. The van der Waals surface area contributed by atoms with Gasteiger partial charge in [-0.3, -0.25) is 9.79 Å². The molecule has 0 saturated carbocycles. The van der Waals surface area contributed by atoms with Crippen LogP contribution in [0, 0.1) is 6.92 Å². The molecule has 1 unspecified atom stereocenters. The van der Waals surface area contributed by atoms with Gasteiger partial charge in [0.1, 0.15) is 5.01 Å². The zero-order valence-electron chi connectivity index (χ0n) is 14.6. The highest BCUT2D eigenvalue weighted by Gasteiger charge is 2.23. The van der Waals surface area contributed by atoms with Crippen LogP contribution in [0.5, 0.6) is 0 Å². The van der Waals surface area contributed by atoms with Crippen molar-refractivity contribution in [1.29, 1.82) is 0 Å². The molecule has 1 aromatic rings. The molecule has 2 rings (SSSR count). The number of carbonyl (C=O) groups is 1. The van der Waals surface area contributed by atoms with Gasteiger partial charge in [-0.1, -0.05) is 13.8 Å². The van der Waals surface area contributed by atoms with Crippen molar-refractivity contribution in [3.05, 3.63) is 15.6 Å². The normalized spacial score (nSPS) is 19.4. The Balaban J connectivity index is 1.88. The molecule has 23 heavy (non-hydrogen) atoms. The first-order chi connectivity index (χ1) is 10.9. The van der Waals surface area contributed by atoms with Crippen LogP contribution in [0.4, 0.5) is 0 Å². The topological polar surface area (TPSA) is 69.6 Å². The van der Waals surface area contributed by atoms with Gasteiger partial charge in [-0.25, -0.2) is 4.98 Å². The highest BCUT2D eigenvalue weighted by molar-refractivity contribution is 7.11. The summed E-state index contributed by atoms with van der Waals surface area (Å²) in [5.74, 6) is 1.43. The molecule has 7 heteroatoms. The van der Waals surface area contributed by atoms with Gasteiger partial charge in [0, 0.05) is 38.0 Å². The molecule has 0 bridgehead atoms. The molecule has 2 heterocycles. The zero-order valence-corrected chi connectivity index (χ0v) is 15.5. The van der Waals surface area contributed by atoms with Gasteiger partial charge in [0.05, 0.1) is 12.2 Å². The van der Waals surface area contributed by atoms with E-state index in [1.54, 1.807) is 23.3 Å². The quantitative estimate of drug-likeness (QED) is 0.650. The van der Waals surface area contributed by atoms with Crippen molar-refractivity contribution in [1.82, 2.24) is 20.5 Å². The number of carbonyl (C=O) groups excluding carboxylic acids is 1. The van der Waals surface area contributed by atoms with Crippen molar-refractivity contribution >= 4 is 23.2 Å². The number of amides is 1. The predicted octanol–water partition coefficient (Wildman–Crippen LogP) is 1.86. The Morgan fingerprint density at radius 1 is 1.52 bits per heavy atom. The molecule has 0 aliphatic carbocycles. The highest BCUT2D eigenvalue weighted by atomic mass is 32.1. The van der Waals surface area contributed by atoms with Crippen LogP contribution in [0.3, 0.4) is 0 Å². The number of thiazole rings is 1. The Hall–Kier alpha value is -1.63. The Morgan fingerprint density at radius 3 is 2.83 bits per heavy atom. The molecule has 2 N–H and O–H groups in total. The Labute approximate surface area is 142 Å². The zero-order chi connectivity index (χ0) is 17.0. The maximum atomic E-state index is 11.5. The van der Waals surface area contributed by atoms with Crippen molar-refractivity contribution < 1.29 is 4.79 Å². The molecule has 1 fully saturated rings. The van der Waals surface area contributed by atoms with E-state index in [4.69, 9.17) is 4.98 Å². The number of nitrogens with zero attached hydrogens (tertiary/aromatic N) is 3. The SMILES string of the molecule is CN=C(NCc1nc(C(C)C)c(C)s1)NC1CCC(=O)N(C)C1. The van der Waals surface area contributed by atoms with Crippen molar-refractivity contribution in [3.63, 3.8) is 0 Å². The third-order valence-corrected chi connectivity index (χ3v) is 5.01. The van der Waals surface area contributed by atoms with Crippen molar-refractivity contribution in [2.75, 3.05) is 20.6 Å². The van der Waals surface area contributed by atoms with Gasteiger partial charge in [0.25, 0.3) is 0 Å². The molecule has 1 aromatic heterocycles. The Bertz CT molecular complexity index is 581. The third-order valence-electron chi connectivity index (χ3n) is 4.02. The lowest BCUT2D eigenvalue weighted by Crippen LogP contribution is -2.51. The second-order valence-corrected chi connectivity index (χ2v) is 7.57. The van der Waals surface area contributed by atoms with Crippen LogP contribution in [0.25, 0.3) is 0 Å². The predicted molar refractivity (Wildman–Crippen MR) is 94.9 cm³/mol. The van der Waals surface area contributed by atoms with Crippen LogP contribution in [0.1, 0.15) is 48.2 Å². The smallest absolute Gasteiger partial charge is 0.222 e. The monoisotopic (exact) mass is 337 g/mol. The Kier molecular flexibility index (Phi) is 5.98. The maximum absolute atomic E-state index is 11.5. The molecule has 0 radical (unpaired) electrons. The fraction of sp³-hybridized carbons (Fsp3) is 0.688. The van der Waals surface area contributed by atoms with E-state index >= 15 is 0 Å². The number of aromatic nitrogens is 1. The first-order valence-corrected chi connectivity index (χ1v) is 8.89. The van der Waals surface area contributed by atoms with Gasteiger partial charge in [-0.2, -0.15) is 0 Å². The summed E-state index contributed by atoms with van der Waals surface area (Å²) in [4.78, 5) is 23.6. The number of hydrogen-bond donors (Lipinski definition) is 2. The van der Waals surface area contributed by atoms with Gasteiger partial charge in [0.2, 0.25) is 5.91 Å². The summed E-state index contributed by atoms with van der Waals surface area (Å²) in [5, 5.41) is 7.79. The lowest BCUT2D eigenvalue weighted by molar-refractivity contribution is -0.132. The standard InChI is InChI=1S/C16H27N5OS/c1-10(2)15-11(3)23-13(20-15)8-18-16(17-4)19-12-6-7-14(22)21(5)9-12/h10,12H,6-9H2,1-5H3,(H2,17,18,19). The van der Waals surface area contributed by atoms with Crippen LogP contribution >= 0.6 is 11.3 Å². The van der Waals surface area contributed by atoms with Gasteiger partial charge in [0.15, 0.2) is 5.96 Å². The summed E-state index contributed by atoms with van der Waals surface area (Å²) < 4.78 is 0. The number of likely N-dealkylation sites (N-methyl/N-ethyl adjacent to an activating group) is 1. The minimum absolute atomic E-state index is 0.213. The van der Waals surface area contributed by atoms with Crippen molar-refractivity contribution in [2.45, 2.75) is 52.1 Å². The summed E-state index contributed by atoms with van der Waals surface area (Å²) in [6.07, 6.45) is 1.44. The second-order valence-electron chi connectivity index (χ2n) is 6.28. The number of rotatable bonds is 4. The minimum Gasteiger partial charge on any atom is -0.352 e. The number of likely N-dealkylation sites (tertiary alicyclic amines) is 1. The van der Waals surface area contributed by atoms with E-state index in [-0.39, 0.29) is 11.9 Å². The molecule has 0 aromatic carbocycles. The lowest BCUT2D eigenvalue weighted by atomic mass is 10.1. The van der Waals surface area contributed by atoms with E-state index in [1.807, 2.05) is 7.05 Å². The largest absolute Gasteiger partial charge is 0.352 e. The number of piperidine rings is 1. The van der Waals surface area contributed by atoms with Crippen molar-refractivity contribution in [3.8, 4) is 0 Å². The first kappa shape index (κ1) is 17.7. The number of nitrogens with one attached hydrogen (secondary N) is 2. The fourth-order valence-electron chi connectivity index (χ4n) is 2.75. The van der Waals surface area contributed by atoms with E-state index in [9.17, 15) is 4.79 Å². The minimum atomic E-state index is 0.213. The fourth-order valence-corrected chi connectivity index (χ4v) is 3.78. The summed E-state index contributed by atoms with van der Waals surface area (Å²) >= 11 is 1.73. The summed E-state index contributed by atoms with van der Waals surface area (Å²) in [5.41, 5.74) is 1.18. The maximum Gasteiger partial charge on any atom is 0.222 e.